The lowest BCUT2D eigenvalue weighted by Gasteiger charge is -2.33. The lowest BCUT2D eigenvalue weighted by atomic mass is 10.1. The van der Waals surface area contributed by atoms with Crippen molar-refractivity contribution in [3.63, 3.8) is 0 Å². The summed E-state index contributed by atoms with van der Waals surface area (Å²) in [5.74, 6) is -1.20. The molecule has 0 unspecified atom stereocenters. The number of anilines is 1. The van der Waals surface area contributed by atoms with E-state index in [4.69, 9.17) is 37.4 Å². The molecule has 0 aliphatic carbocycles. The van der Waals surface area contributed by atoms with Crippen molar-refractivity contribution >= 4 is 40.7 Å². The van der Waals surface area contributed by atoms with Crippen molar-refractivity contribution in [2.45, 2.75) is 37.9 Å². The zero-order chi connectivity index (χ0) is 17.9. The molecule has 0 bridgehead atoms. The van der Waals surface area contributed by atoms with Gasteiger partial charge >= 0.3 is 0 Å². The Kier molecular flexibility index (Phi) is 3.88. The highest BCUT2D eigenvalue weighted by Gasteiger charge is 2.57. The highest BCUT2D eigenvalue weighted by atomic mass is 35.5. The predicted octanol–water partition coefficient (Wildman–Crippen LogP) is 1.74. The zero-order valence-corrected chi connectivity index (χ0v) is 15.1. The van der Waals surface area contributed by atoms with Gasteiger partial charge in [-0.3, -0.25) is 9.59 Å². The summed E-state index contributed by atoms with van der Waals surface area (Å²) in [4.78, 5) is 26.8. The molecule has 9 heteroatoms. The maximum absolute atomic E-state index is 13.1. The van der Waals surface area contributed by atoms with E-state index < -0.39 is 24.0 Å². The Labute approximate surface area is 154 Å². The molecule has 3 heterocycles. The van der Waals surface area contributed by atoms with Crippen LogP contribution in [0, 0.1) is 0 Å². The maximum Gasteiger partial charge on any atom is 0.252 e. The molecule has 3 aliphatic heterocycles. The summed E-state index contributed by atoms with van der Waals surface area (Å²) < 4.78 is 16.9. The van der Waals surface area contributed by atoms with Crippen molar-refractivity contribution in [2.75, 3.05) is 18.1 Å². The Morgan fingerprint density at radius 1 is 1.32 bits per heavy atom. The third-order valence-electron chi connectivity index (χ3n) is 4.43. The summed E-state index contributed by atoms with van der Waals surface area (Å²) in [7, 11) is 0. The van der Waals surface area contributed by atoms with E-state index in [2.05, 4.69) is 5.32 Å². The van der Waals surface area contributed by atoms with Crippen LogP contribution in [0.25, 0.3) is 0 Å². The van der Waals surface area contributed by atoms with E-state index in [1.165, 1.54) is 4.90 Å². The number of hydrogen-bond donors (Lipinski definition) is 1. The van der Waals surface area contributed by atoms with Crippen LogP contribution in [0.4, 0.5) is 5.69 Å². The van der Waals surface area contributed by atoms with E-state index in [0.717, 1.165) is 0 Å². The third-order valence-corrected chi connectivity index (χ3v) is 5.21. The average molecular weight is 387 g/mol. The fourth-order valence-corrected chi connectivity index (χ4v) is 3.75. The second-order valence-electron chi connectivity index (χ2n) is 6.55. The molecule has 1 N–H and O–H groups in total. The number of benzene rings is 1. The molecule has 0 radical (unpaired) electrons. The average Bonchev–Trinajstić information content (AvgIpc) is 3.04. The predicted molar refractivity (Wildman–Crippen MR) is 90.1 cm³/mol. The van der Waals surface area contributed by atoms with Gasteiger partial charge in [-0.05, 0) is 26.0 Å². The summed E-state index contributed by atoms with van der Waals surface area (Å²) in [5, 5.41) is 3.27. The van der Waals surface area contributed by atoms with Crippen molar-refractivity contribution < 1.29 is 23.8 Å². The molecule has 4 rings (SSSR count). The van der Waals surface area contributed by atoms with Gasteiger partial charge in [0.2, 0.25) is 0 Å². The quantitative estimate of drug-likeness (QED) is 0.795. The molecule has 2 fully saturated rings. The van der Waals surface area contributed by atoms with Crippen LogP contribution in [0.3, 0.4) is 0 Å². The van der Waals surface area contributed by atoms with Crippen molar-refractivity contribution in [3.8, 4) is 5.75 Å². The molecular weight excluding hydrogens is 371 g/mol. The van der Waals surface area contributed by atoms with E-state index in [1.54, 1.807) is 26.0 Å². The Morgan fingerprint density at radius 2 is 2.08 bits per heavy atom. The summed E-state index contributed by atoms with van der Waals surface area (Å²) in [5.41, 5.74) is 0.515. The SMILES string of the molecule is CC1(C)O[C@H]2[C@@H](C(=O)N3CCOc4c3ccc(Cl)c4Cl)NC(=O)[C@H]2O1. The molecule has 1 aromatic carbocycles. The normalized spacial score (nSPS) is 29.7. The Bertz CT molecular complexity index is 769. The molecule has 3 aliphatic rings. The molecule has 0 aromatic heterocycles. The minimum Gasteiger partial charge on any atom is -0.488 e. The molecule has 3 atom stereocenters. The first-order valence-electron chi connectivity index (χ1n) is 7.87. The minimum atomic E-state index is -0.911. The molecule has 2 saturated heterocycles. The fraction of sp³-hybridized carbons (Fsp3) is 0.500. The largest absolute Gasteiger partial charge is 0.488 e. The van der Waals surface area contributed by atoms with Crippen LogP contribution in [0.2, 0.25) is 10.0 Å². The number of amides is 2. The Morgan fingerprint density at radius 3 is 2.84 bits per heavy atom. The van der Waals surface area contributed by atoms with Gasteiger partial charge in [-0.1, -0.05) is 23.2 Å². The highest BCUT2D eigenvalue weighted by Crippen LogP contribution is 2.43. The number of carbonyl (C=O) groups is 2. The van der Waals surface area contributed by atoms with E-state index in [-0.39, 0.29) is 23.4 Å². The first-order chi connectivity index (χ1) is 11.8. The van der Waals surface area contributed by atoms with Crippen LogP contribution >= 0.6 is 23.2 Å². The first kappa shape index (κ1) is 16.9. The molecule has 134 valence electrons. The van der Waals surface area contributed by atoms with Crippen LogP contribution in [-0.2, 0) is 19.1 Å². The van der Waals surface area contributed by atoms with Crippen molar-refractivity contribution in [2.24, 2.45) is 0 Å². The second-order valence-corrected chi connectivity index (χ2v) is 7.34. The van der Waals surface area contributed by atoms with Gasteiger partial charge in [-0.15, -0.1) is 0 Å². The topological polar surface area (TPSA) is 77.1 Å². The lowest BCUT2D eigenvalue weighted by Crippen LogP contribution is -2.52. The van der Waals surface area contributed by atoms with Crippen LogP contribution < -0.4 is 15.0 Å². The molecule has 2 amide bonds. The number of halogens is 2. The van der Waals surface area contributed by atoms with Gasteiger partial charge in [-0.2, -0.15) is 0 Å². The van der Waals surface area contributed by atoms with Crippen molar-refractivity contribution in [1.82, 2.24) is 5.32 Å². The van der Waals surface area contributed by atoms with Crippen LogP contribution in [0.1, 0.15) is 13.8 Å². The number of ether oxygens (including phenoxy) is 3. The molecule has 0 saturated carbocycles. The standard InChI is InChI=1S/C16H16Cl2N2O5/c1-16(2)24-12-10(19-14(21)13(12)25-16)15(22)20-5-6-23-11-8(20)4-3-7(17)9(11)18/h3-4,10,12-13H,5-6H2,1-2H3,(H,19,21)/t10-,12-,13-/m0/s1. The summed E-state index contributed by atoms with van der Waals surface area (Å²) in [6.45, 7) is 4.03. The van der Waals surface area contributed by atoms with E-state index in [9.17, 15) is 9.59 Å². The van der Waals surface area contributed by atoms with Gasteiger partial charge < -0.3 is 24.4 Å². The lowest BCUT2D eigenvalue weighted by molar-refractivity contribution is -0.164. The number of fused-ring (bicyclic) bond motifs is 2. The minimum absolute atomic E-state index is 0.256. The second kappa shape index (κ2) is 5.74. The summed E-state index contributed by atoms with van der Waals surface area (Å²) >= 11 is 12.2. The van der Waals surface area contributed by atoms with E-state index >= 15 is 0 Å². The van der Waals surface area contributed by atoms with Gasteiger partial charge in [0.25, 0.3) is 11.8 Å². The van der Waals surface area contributed by atoms with Gasteiger partial charge in [-0.25, -0.2) is 0 Å². The summed E-state index contributed by atoms with van der Waals surface area (Å²) in [6.07, 6.45) is -1.47. The van der Waals surface area contributed by atoms with Gasteiger partial charge in [0.15, 0.2) is 17.6 Å². The van der Waals surface area contributed by atoms with Gasteiger partial charge in [0.05, 0.1) is 17.3 Å². The van der Waals surface area contributed by atoms with Crippen molar-refractivity contribution in [3.05, 3.63) is 22.2 Å². The van der Waals surface area contributed by atoms with Crippen LogP contribution in [0.15, 0.2) is 12.1 Å². The van der Waals surface area contributed by atoms with E-state index in [1.807, 2.05) is 0 Å². The monoisotopic (exact) mass is 386 g/mol. The molecule has 0 spiro atoms. The smallest absolute Gasteiger partial charge is 0.252 e. The highest BCUT2D eigenvalue weighted by molar-refractivity contribution is 6.43. The third kappa shape index (κ3) is 2.66. The Hall–Kier alpha value is -1.54. The van der Waals surface area contributed by atoms with Gasteiger partial charge in [0.1, 0.15) is 23.8 Å². The first-order valence-corrected chi connectivity index (χ1v) is 8.62. The maximum atomic E-state index is 13.1. The number of carbonyl (C=O) groups excluding carboxylic acids is 2. The number of nitrogens with one attached hydrogen (secondary N) is 1. The van der Waals surface area contributed by atoms with Crippen molar-refractivity contribution in [1.29, 1.82) is 0 Å². The molecule has 7 nitrogen and oxygen atoms in total. The van der Waals surface area contributed by atoms with Crippen LogP contribution in [0.5, 0.6) is 5.75 Å². The van der Waals surface area contributed by atoms with Gasteiger partial charge in [0, 0.05) is 0 Å². The van der Waals surface area contributed by atoms with E-state index in [0.29, 0.717) is 23.0 Å². The zero-order valence-electron chi connectivity index (χ0n) is 13.5. The van der Waals surface area contributed by atoms with Crippen LogP contribution in [-0.4, -0.2) is 49.0 Å². The number of nitrogens with zero attached hydrogens (tertiary/aromatic N) is 1. The summed E-state index contributed by atoms with van der Waals surface area (Å²) in [6, 6.07) is 2.44. The Balaban J connectivity index is 1.65. The fourth-order valence-electron chi connectivity index (χ4n) is 3.38. The molecule has 1 aromatic rings. The number of rotatable bonds is 1. The molecular formula is C16H16Cl2N2O5. The molecule has 25 heavy (non-hydrogen) atoms. The number of hydrogen-bond acceptors (Lipinski definition) is 5.